The minimum absolute atomic E-state index is 0.0573. The Morgan fingerprint density at radius 3 is 2.12 bits per heavy atom. The summed E-state index contributed by atoms with van der Waals surface area (Å²) in [6, 6.07) is 29.5. The molecule has 0 saturated carbocycles. The van der Waals surface area contributed by atoms with Crippen molar-refractivity contribution in [3.05, 3.63) is 108 Å². The summed E-state index contributed by atoms with van der Waals surface area (Å²) in [6.07, 6.45) is 0. The predicted molar refractivity (Wildman–Crippen MR) is 131 cm³/mol. The van der Waals surface area contributed by atoms with Crippen LogP contribution in [0.2, 0.25) is 0 Å². The predicted octanol–water partition coefficient (Wildman–Crippen LogP) is 5.29. The second-order valence-corrected chi connectivity index (χ2v) is 7.99. The molecule has 0 unspecified atom stereocenters. The lowest BCUT2D eigenvalue weighted by Crippen LogP contribution is -2.02. The highest BCUT2D eigenvalue weighted by molar-refractivity contribution is 5.96. The molecule has 1 N–H and O–H groups in total. The highest BCUT2D eigenvalue weighted by Crippen LogP contribution is 2.36. The molecule has 6 heteroatoms. The lowest BCUT2D eigenvalue weighted by molar-refractivity contribution is 0.268. The van der Waals surface area contributed by atoms with Crippen molar-refractivity contribution in [1.29, 1.82) is 0 Å². The number of para-hydroxylation sites is 1. The normalized spacial score (nSPS) is 11.0. The lowest BCUT2D eigenvalue weighted by Gasteiger charge is -2.12. The summed E-state index contributed by atoms with van der Waals surface area (Å²) in [4.78, 5) is 4.69. The number of nitrogens with zero attached hydrogens (tertiary/aromatic N) is 3. The third kappa shape index (κ3) is 4.49. The smallest absolute Gasteiger partial charge is 0.226 e. The van der Waals surface area contributed by atoms with Crippen molar-refractivity contribution < 1.29 is 14.6 Å². The summed E-state index contributed by atoms with van der Waals surface area (Å²) in [7, 11) is 1.88. The molecule has 0 aliphatic carbocycles. The maximum absolute atomic E-state index is 9.80. The van der Waals surface area contributed by atoms with Crippen LogP contribution in [-0.2, 0) is 26.9 Å². The van der Waals surface area contributed by atoms with E-state index in [0.717, 1.165) is 38.9 Å². The third-order valence-electron chi connectivity index (χ3n) is 5.66. The van der Waals surface area contributed by atoms with Gasteiger partial charge >= 0.3 is 0 Å². The number of aryl methyl sites for hydroxylation is 1. The molecular weight excluding hydrogens is 426 g/mol. The van der Waals surface area contributed by atoms with Crippen molar-refractivity contribution in [3.8, 4) is 23.0 Å². The first-order valence-corrected chi connectivity index (χ1v) is 11.1. The Kier molecular flexibility index (Phi) is 6.23. The first-order chi connectivity index (χ1) is 16.7. The van der Waals surface area contributed by atoms with Gasteiger partial charge in [-0.2, -0.15) is 10.1 Å². The van der Waals surface area contributed by atoms with Crippen LogP contribution in [0.15, 0.2) is 91.0 Å². The van der Waals surface area contributed by atoms with Crippen LogP contribution >= 0.6 is 0 Å². The number of hydrogen-bond acceptors (Lipinski definition) is 5. The minimum atomic E-state index is -0.0573. The Morgan fingerprint density at radius 2 is 1.44 bits per heavy atom. The number of fused-ring (bicyclic) bond motifs is 1. The molecule has 0 saturated heterocycles. The fraction of sp³-hybridized carbons (Fsp3) is 0.143. The molecule has 0 aliphatic heterocycles. The Hall–Kier alpha value is -4.16. The van der Waals surface area contributed by atoms with Crippen LogP contribution in [0.5, 0.6) is 11.8 Å². The molecule has 0 radical (unpaired) electrons. The monoisotopic (exact) mass is 451 g/mol. The molecule has 3 aromatic carbocycles. The molecule has 0 aliphatic rings. The van der Waals surface area contributed by atoms with Gasteiger partial charge in [-0.25, -0.2) is 0 Å². The van der Waals surface area contributed by atoms with E-state index in [1.54, 1.807) is 4.68 Å². The van der Waals surface area contributed by atoms with Gasteiger partial charge in [0.1, 0.15) is 18.9 Å². The molecular formula is C28H25N3O3. The standard InChI is InChI=1S/C28H25N3O3/c1-31-27-22(17-32)13-8-14-23(27)26(30-31)24-15-16-25(33-18-20-9-4-2-5-10-20)29-28(24)34-19-21-11-6-3-7-12-21/h2-16,32H,17-19H2,1H3. The number of ether oxygens (including phenoxy) is 2. The summed E-state index contributed by atoms with van der Waals surface area (Å²) in [5.41, 5.74) is 5.33. The average molecular weight is 452 g/mol. The van der Waals surface area contributed by atoms with E-state index < -0.39 is 0 Å². The number of aliphatic hydroxyl groups excluding tert-OH is 1. The van der Waals surface area contributed by atoms with E-state index >= 15 is 0 Å². The molecule has 5 rings (SSSR count). The SMILES string of the molecule is Cn1nc(-c2ccc(OCc3ccccc3)nc2OCc2ccccc2)c2cccc(CO)c21. The third-order valence-corrected chi connectivity index (χ3v) is 5.66. The maximum Gasteiger partial charge on any atom is 0.226 e. The molecule has 0 fully saturated rings. The Bertz CT molecular complexity index is 1400. The molecule has 0 atom stereocenters. The largest absolute Gasteiger partial charge is 0.473 e. The van der Waals surface area contributed by atoms with E-state index in [4.69, 9.17) is 19.6 Å². The summed E-state index contributed by atoms with van der Waals surface area (Å²) in [6.45, 7) is 0.728. The van der Waals surface area contributed by atoms with Crippen molar-refractivity contribution in [2.24, 2.45) is 7.05 Å². The Balaban J connectivity index is 1.52. The molecule has 0 bridgehead atoms. The van der Waals surface area contributed by atoms with E-state index in [2.05, 4.69) is 0 Å². The van der Waals surface area contributed by atoms with Gasteiger partial charge in [0.05, 0.1) is 17.7 Å². The van der Waals surface area contributed by atoms with Gasteiger partial charge in [-0.05, 0) is 17.2 Å². The number of benzene rings is 3. The molecule has 170 valence electrons. The second kappa shape index (κ2) is 9.77. The molecule has 2 heterocycles. The van der Waals surface area contributed by atoms with Crippen LogP contribution in [-0.4, -0.2) is 19.9 Å². The first kappa shape index (κ1) is 21.7. The topological polar surface area (TPSA) is 69.4 Å². The molecule has 0 spiro atoms. The van der Waals surface area contributed by atoms with Gasteiger partial charge in [0.25, 0.3) is 0 Å². The maximum atomic E-state index is 9.80. The van der Waals surface area contributed by atoms with Gasteiger partial charge < -0.3 is 14.6 Å². The van der Waals surface area contributed by atoms with Crippen LogP contribution in [0.25, 0.3) is 22.2 Å². The number of pyridine rings is 1. The van der Waals surface area contributed by atoms with Crippen molar-refractivity contribution >= 4 is 10.9 Å². The van der Waals surface area contributed by atoms with Crippen LogP contribution < -0.4 is 9.47 Å². The number of rotatable bonds is 8. The van der Waals surface area contributed by atoms with Crippen molar-refractivity contribution in [2.45, 2.75) is 19.8 Å². The molecule has 2 aromatic heterocycles. The summed E-state index contributed by atoms with van der Waals surface area (Å²) >= 11 is 0. The van der Waals surface area contributed by atoms with Crippen LogP contribution in [0.3, 0.4) is 0 Å². The Morgan fingerprint density at radius 1 is 0.765 bits per heavy atom. The van der Waals surface area contributed by atoms with Gasteiger partial charge in [-0.1, -0.05) is 78.9 Å². The van der Waals surface area contributed by atoms with Gasteiger partial charge in [-0.3, -0.25) is 4.68 Å². The minimum Gasteiger partial charge on any atom is -0.473 e. The quantitative estimate of drug-likeness (QED) is 0.347. The fourth-order valence-electron chi connectivity index (χ4n) is 4.00. The molecule has 5 aromatic rings. The highest BCUT2D eigenvalue weighted by Gasteiger charge is 2.19. The molecule has 34 heavy (non-hydrogen) atoms. The van der Waals surface area contributed by atoms with Crippen LogP contribution in [0.1, 0.15) is 16.7 Å². The summed E-state index contributed by atoms with van der Waals surface area (Å²) < 4.78 is 13.9. The van der Waals surface area contributed by atoms with E-state index in [1.807, 2.05) is 98.0 Å². The zero-order valence-corrected chi connectivity index (χ0v) is 18.9. The summed E-state index contributed by atoms with van der Waals surface area (Å²) in [5, 5.41) is 15.5. The van der Waals surface area contributed by atoms with Crippen LogP contribution in [0, 0.1) is 0 Å². The number of aliphatic hydroxyl groups is 1. The van der Waals surface area contributed by atoms with E-state index in [1.165, 1.54) is 0 Å². The van der Waals surface area contributed by atoms with E-state index in [-0.39, 0.29) is 6.61 Å². The van der Waals surface area contributed by atoms with Gasteiger partial charge in [0, 0.05) is 24.1 Å². The van der Waals surface area contributed by atoms with Crippen molar-refractivity contribution in [3.63, 3.8) is 0 Å². The van der Waals surface area contributed by atoms with E-state index in [9.17, 15) is 5.11 Å². The summed E-state index contributed by atoms with van der Waals surface area (Å²) in [5.74, 6) is 0.927. The van der Waals surface area contributed by atoms with Crippen molar-refractivity contribution in [2.75, 3.05) is 0 Å². The zero-order valence-electron chi connectivity index (χ0n) is 18.9. The van der Waals surface area contributed by atoms with Crippen molar-refractivity contribution in [1.82, 2.24) is 14.8 Å². The lowest BCUT2D eigenvalue weighted by atomic mass is 10.1. The Labute approximate surface area is 198 Å². The fourth-order valence-corrected chi connectivity index (χ4v) is 4.00. The van der Waals surface area contributed by atoms with Gasteiger partial charge in [0.15, 0.2) is 0 Å². The zero-order chi connectivity index (χ0) is 23.3. The molecule has 0 amide bonds. The average Bonchev–Trinajstić information content (AvgIpc) is 3.24. The second-order valence-electron chi connectivity index (χ2n) is 7.99. The first-order valence-electron chi connectivity index (χ1n) is 11.1. The van der Waals surface area contributed by atoms with Gasteiger partial charge in [0.2, 0.25) is 11.8 Å². The van der Waals surface area contributed by atoms with E-state index in [0.29, 0.717) is 25.0 Å². The highest BCUT2D eigenvalue weighted by atomic mass is 16.5. The van der Waals surface area contributed by atoms with Gasteiger partial charge in [-0.15, -0.1) is 0 Å². The number of aromatic nitrogens is 3. The number of hydrogen-bond donors (Lipinski definition) is 1. The molecule has 6 nitrogen and oxygen atoms in total. The van der Waals surface area contributed by atoms with Crippen LogP contribution in [0.4, 0.5) is 0 Å².